The molecule has 1 aromatic carbocycles. The average Bonchev–Trinajstić information content (AvgIpc) is 3.26. The third-order valence-corrected chi connectivity index (χ3v) is 5.22. The van der Waals surface area contributed by atoms with Crippen molar-refractivity contribution in [2.45, 2.75) is 35.6 Å². The first kappa shape index (κ1) is 12.1. The van der Waals surface area contributed by atoms with E-state index in [4.69, 9.17) is 0 Å². The zero-order chi connectivity index (χ0) is 13.5. The van der Waals surface area contributed by atoms with Crippen LogP contribution in [0.25, 0.3) is 10.8 Å². The van der Waals surface area contributed by atoms with Crippen LogP contribution < -0.4 is 0 Å². The van der Waals surface area contributed by atoms with Crippen molar-refractivity contribution in [3.05, 3.63) is 30.5 Å². The van der Waals surface area contributed by atoms with Crippen LogP contribution in [0.4, 0.5) is 0 Å². The minimum atomic E-state index is 0.00991. The summed E-state index contributed by atoms with van der Waals surface area (Å²) in [4.78, 5) is 14.4. The Bertz CT molecular complexity index is 666. The zero-order valence-corrected chi connectivity index (χ0v) is 11.8. The van der Waals surface area contributed by atoms with E-state index in [0.29, 0.717) is 6.04 Å². The fourth-order valence-corrected chi connectivity index (χ4v) is 3.89. The lowest BCUT2D eigenvalue weighted by Crippen LogP contribution is -2.30. The normalized spacial score (nSPS) is 22.7. The molecule has 1 saturated heterocycles. The Morgan fingerprint density at radius 3 is 2.90 bits per heavy atom. The van der Waals surface area contributed by atoms with Gasteiger partial charge in [0.15, 0.2) is 0 Å². The number of aromatic nitrogens is 2. The van der Waals surface area contributed by atoms with E-state index in [1.54, 1.807) is 18.0 Å². The fourth-order valence-electron chi connectivity index (χ4n) is 2.76. The van der Waals surface area contributed by atoms with Crippen LogP contribution in [0.3, 0.4) is 0 Å². The lowest BCUT2D eigenvalue weighted by molar-refractivity contribution is -0.127. The molecule has 2 aromatic rings. The molecule has 20 heavy (non-hydrogen) atoms. The topological polar surface area (TPSA) is 46.1 Å². The summed E-state index contributed by atoms with van der Waals surface area (Å²) in [5, 5.41) is 11.3. The van der Waals surface area contributed by atoms with Crippen molar-refractivity contribution in [2.24, 2.45) is 0 Å². The van der Waals surface area contributed by atoms with Gasteiger partial charge in [-0.1, -0.05) is 36.0 Å². The predicted octanol–water partition coefficient (Wildman–Crippen LogP) is 2.49. The van der Waals surface area contributed by atoms with Crippen LogP contribution in [-0.4, -0.2) is 38.8 Å². The molecule has 1 saturated carbocycles. The third-order valence-electron chi connectivity index (χ3n) is 3.97. The molecule has 1 atom stereocenters. The van der Waals surface area contributed by atoms with Gasteiger partial charge in [-0.05, 0) is 19.3 Å². The molecule has 2 heterocycles. The van der Waals surface area contributed by atoms with E-state index in [1.807, 2.05) is 24.3 Å². The minimum Gasteiger partial charge on any atom is -0.339 e. The molecule has 2 aliphatic rings. The summed E-state index contributed by atoms with van der Waals surface area (Å²) in [6.07, 6.45) is 5.05. The van der Waals surface area contributed by atoms with Gasteiger partial charge in [0.2, 0.25) is 5.91 Å². The van der Waals surface area contributed by atoms with Gasteiger partial charge in [0.1, 0.15) is 5.03 Å². The third kappa shape index (κ3) is 2.06. The molecule has 1 aromatic heterocycles. The van der Waals surface area contributed by atoms with Crippen LogP contribution in [-0.2, 0) is 4.79 Å². The summed E-state index contributed by atoms with van der Waals surface area (Å²) in [5.74, 6) is 0.284. The number of benzene rings is 1. The van der Waals surface area contributed by atoms with E-state index in [0.717, 1.165) is 28.8 Å². The second-order valence-electron chi connectivity index (χ2n) is 5.39. The maximum atomic E-state index is 12.4. The van der Waals surface area contributed by atoms with Crippen molar-refractivity contribution in [3.8, 4) is 0 Å². The van der Waals surface area contributed by atoms with Crippen molar-refractivity contribution in [3.63, 3.8) is 0 Å². The number of nitrogens with zero attached hydrogens (tertiary/aromatic N) is 3. The first-order valence-electron chi connectivity index (χ1n) is 7.00. The smallest absolute Gasteiger partial charge is 0.236 e. The van der Waals surface area contributed by atoms with E-state index in [-0.39, 0.29) is 11.2 Å². The molecule has 0 N–H and O–H groups in total. The predicted molar refractivity (Wildman–Crippen MR) is 78.5 cm³/mol. The monoisotopic (exact) mass is 285 g/mol. The summed E-state index contributed by atoms with van der Waals surface area (Å²) in [7, 11) is 0. The van der Waals surface area contributed by atoms with Gasteiger partial charge in [0.05, 0.1) is 11.4 Å². The Morgan fingerprint density at radius 2 is 2.05 bits per heavy atom. The number of hydrogen-bond acceptors (Lipinski definition) is 4. The number of thioether (sulfide) groups is 1. The van der Waals surface area contributed by atoms with E-state index >= 15 is 0 Å². The van der Waals surface area contributed by atoms with Crippen molar-refractivity contribution in [1.29, 1.82) is 0 Å². The molecule has 4 rings (SSSR count). The Hall–Kier alpha value is -1.62. The molecule has 5 heteroatoms. The zero-order valence-electron chi connectivity index (χ0n) is 11.0. The summed E-state index contributed by atoms with van der Waals surface area (Å²) < 4.78 is 0. The molecule has 1 amide bonds. The van der Waals surface area contributed by atoms with Crippen LogP contribution >= 0.6 is 11.8 Å². The molecule has 1 unspecified atom stereocenters. The highest BCUT2D eigenvalue weighted by atomic mass is 32.2. The number of carbonyl (C=O) groups is 1. The van der Waals surface area contributed by atoms with Gasteiger partial charge in [-0.2, -0.15) is 5.10 Å². The van der Waals surface area contributed by atoms with Crippen LogP contribution in [0.1, 0.15) is 19.3 Å². The number of fused-ring (bicyclic) bond motifs is 1. The van der Waals surface area contributed by atoms with Crippen molar-refractivity contribution < 1.29 is 4.79 Å². The minimum absolute atomic E-state index is 0.00991. The maximum absolute atomic E-state index is 12.4. The van der Waals surface area contributed by atoms with E-state index in [2.05, 4.69) is 15.1 Å². The number of likely N-dealkylation sites (tertiary alicyclic amines) is 1. The first-order valence-corrected chi connectivity index (χ1v) is 7.88. The van der Waals surface area contributed by atoms with Gasteiger partial charge in [-0.15, -0.1) is 5.10 Å². The SMILES string of the molecule is O=C1C(Sc2nncc3ccccc23)CCN1C1CC1. The molecule has 2 fully saturated rings. The van der Waals surface area contributed by atoms with E-state index in [9.17, 15) is 4.79 Å². The molecule has 0 bridgehead atoms. The summed E-state index contributed by atoms with van der Waals surface area (Å²) in [6, 6.07) is 8.59. The van der Waals surface area contributed by atoms with Crippen molar-refractivity contribution in [2.75, 3.05) is 6.54 Å². The highest BCUT2D eigenvalue weighted by Crippen LogP contribution is 2.37. The second kappa shape index (κ2) is 4.74. The van der Waals surface area contributed by atoms with Crippen molar-refractivity contribution in [1.82, 2.24) is 15.1 Å². The van der Waals surface area contributed by atoms with Crippen LogP contribution in [0, 0.1) is 0 Å². The Labute approximate surface area is 121 Å². The highest BCUT2D eigenvalue weighted by molar-refractivity contribution is 8.00. The molecule has 102 valence electrons. The quantitative estimate of drug-likeness (QED) is 0.869. The Balaban J connectivity index is 1.60. The van der Waals surface area contributed by atoms with Gasteiger partial charge in [-0.3, -0.25) is 4.79 Å². The lowest BCUT2D eigenvalue weighted by Gasteiger charge is -2.15. The number of hydrogen-bond donors (Lipinski definition) is 0. The van der Waals surface area contributed by atoms with Gasteiger partial charge < -0.3 is 4.90 Å². The van der Waals surface area contributed by atoms with Crippen LogP contribution in [0.2, 0.25) is 0 Å². The summed E-state index contributed by atoms with van der Waals surface area (Å²) in [5.41, 5.74) is 0. The van der Waals surface area contributed by atoms with Gasteiger partial charge in [0.25, 0.3) is 0 Å². The molecule has 4 nitrogen and oxygen atoms in total. The van der Waals surface area contributed by atoms with Crippen LogP contribution in [0.15, 0.2) is 35.5 Å². The van der Waals surface area contributed by atoms with E-state index in [1.165, 1.54) is 12.8 Å². The van der Waals surface area contributed by atoms with Crippen molar-refractivity contribution >= 4 is 28.4 Å². The second-order valence-corrected chi connectivity index (χ2v) is 6.59. The molecule has 1 aliphatic carbocycles. The summed E-state index contributed by atoms with van der Waals surface area (Å²) in [6.45, 7) is 0.902. The number of amides is 1. The highest BCUT2D eigenvalue weighted by Gasteiger charge is 2.41. The fraction of sp³-hybridized carbons (Fsp3) is 0.400. The number of rotatable bonds is 3. The molecular weight excluding hydrogens is 270 g/mol. The standard InChI is InChI=1S/C15H15N3OS/c19-15-13(7-8-18(15)11-5-6-11)20-14-12-4-2-1-3-10(12)9-16-17-14/h1-4,9,11,13H,5-8H2. The Kier molecular flexibility index (Phi) is 2.88. The Morgan fingerprint density at radius 1 is 1.20 bits per heavy atom. The lowest BCUT2D eigenvalue weighted by atomic mass is 10.2. The van der Waals surface area contributed by atoms with Gasteiger partial charge >= 0.3 is 0 Å². The molecule has 0 spiro atoms. The van der Waals surface area contributed by atoms with Gasteiger partial charge in [-0.25, -0.2) is 0 Å². The first-order chi connectivity index (χ1) is 9.83. The largest absolute Gasteiger partial charge is 0.339 e. The number of carbonyl (C=O) groups excluding carboxylic acids is 1. The van der Waals surface area contributed by atoms with E-state index < -0.39 is 0 Å². The molecule has 1 aliphatic heterocycles. The molecule has 0 radical (unpaired) electrons. The average molecular weight is 285 g/mol. The molecular formula is C15H15N3OS. The van der Waals surface area contributed by atoms with Crippen LogP contribution in [0.5, 0.6) is 0 Å². The maximum Gasteiger partial charge on any atom is 0.236 e. The van der Waals surface area contributed by atoms with Gasteiger partial charge in [0, 0.05) is 23.4 Å². The summed E-state index contributed by atoms with van der Waals surface area (Å²) >= 11 is 1.57.